The number of halogens is 2. The molecule has 0 fully saturated rings. The Kier molecular flexibility index (Phi) is 3.79. The van der Waals surface area contributed by atoms with Gasteiger partial charge in [-0.05, 0) is 46.3 Å². The molecule has 0 spiro atoms. The predicted molar refractivity (Wildman–Crippen MR) is 82.1 cm³/mol. The molecule has 2 aromatic carbocycles. The molecule has 6 heteroatoms. The van der Waals surface area contributed by atoms with Gasteiger partial charge in [0.25, 0.3) is 5.91 Å². The highest BCUT2D eigenvalue weighted by Crippen LogP contribution is 2.29. The fraction of sp³-hybridized carbons (Fsp3) is 0.133. The molecule has 4 nitrogen and oxygen atoms in total. The van der Waals surface area contributed by atoms with E-state index in [1.165, 1.54) is 18.2 Å². The second kappa shape index (κ2) is 5.73. The first-order chi connectivity index (χ1) is 10.1. The van der Waals surface area contributed by atoms with Crippen molar-refractivity contribution < 1.29 is 13.9 Å². The van der Waals surface area contributed by atoms with Crippen molar-refractivity contribution in [1.82, 2.24) is 0 Å². The Balaban J connectivity index is 1.72. The van der Waals surface area contributed by atoms with Crippen LogP contribution in [-0.2, 0) is 4.79 Å². The van der Waals surface area contributed by atoms with Crippen LogP contribution in [0.25, 0.3) is 0 Å². The third-order valence-corrected chi connectivity index (χ3v) is 3.77. The number of anilines is 2. The van der Waals surface area contributed by atoms with Crippen LogP contribution in [0.4, 0.5) is 15.8 Å². The molecule has 2 N–H and O–H groups in total. The molecule has 0 bridgehead atoms. The molecule has 0 saturated carbocycles. The lowest BCUT2D eigenvalue weighted by Gasteiger charge is -2.26. The van der Waals surface area contributed by atoms with Crippen molar-refractivity contribution in [3.63, 3.8) is 0 Å². The standard InChI is InChI=1S/C15H12BrFN2O2/c16-10-7-9(17)5-6-11(10)19-15(20)14-8-18-12-3-1-2-4-13(12)21-14/h1-7,14,18H,8H2,(H,19,20). The summed E-state index contributed by atoms with van der Waals surface area (Å²) in [5.74, 6) is -0.0178. The molecule has 1 amide bonds. The highest BCUT2D eigenvalue weighted by molar-refractivity contribution is 9.10. The molecule has 21 heavy (non-hydrogen) atoms. The van der Waals surface area contributed by atoms with Gasteiger partial charge < -0.3 is 15.4 Å². The molecule has 0 aromatic heterocycles. The summed E-state index contributed by atoms with van der Waals surface area (Å²) in [5.41, 5.74) is 1.37. The summed E-state index contributed by atoms with van der Waals surface area (Å²) < 4.78 is 19.2. The minimum atomic E-state index is -0.642. The summed E-state index contributed by atoms with van der Waals surface area (Å²) in [6.07, 6.45) is -0.642. The maximum Gasteiger partial charge on any atom is 0.267 e. The van der Waals surface area contributed by atoms with Gasteiger partial charge in [0.15, 0.2) is 6.10 Å². The van der Waals surface area contributed by atoms with Crippen LogP contribution in [0, 0.1) is 5.82 Å². The monoisotopic (exact) mass is 350 g/mol. The lowest BCUT2D eigenvalue weighted by Crippen LogP contribution is -2.41. The van der Waals surface area contributed by atoms with Gasteiger partial charge in [0.05, 0.1) is 17.9 Å². The second-order valence-electron chi connectivity index (χ2n) is 4.60. The quantitative estimate of drug-likeness (QED) is 0.872. The number of amides is 1. The van der Waals surface area contributed by atoms with Crippen LogP contribution in [0.5, 0.6) is 5.75 Å². The summed E-state index contributed by atoms with van der Waals surface area (Å²) in [6, 6.07) is 11.5. The van der Waals surface area contributed by atoms with Gasteiger partial charge in [0, 0.05) is 4.47 Å². The summed E-state index contributed by atoms with van der Waals surface area (Å²) >= 11 is 3.21. The molecule has 0 radical (unpaired) electrons. The fourth-order valence-electron chi connectivity index (χ4n) is 2.06. The maximum atomic E-state index is 13.0. The largest absolute Gasteiger partial charge is 0.477 e. The van der Waals surface area contributed by atoms with Gasteiger partial charge in [-0.3, -0.25) is 4.79 Å². The number of ether oxygens (including phenoxy) is 1. The number of fused-ring (bicyclic) bond motifs is 1. The number of carbonyl (C=O) groups is 1. The Hall–Kier alpha value is -2.08. The zero-order valence-corrected chi connectivity index (χ0v) is 12.5. The van der Waals surface area contributed by atoms with Crippen molar-refractivity contribution >= 4 is 33.2 Å². The highest BCUT2D eigenvalue weighted by Gasteiger charge is 2.26. The highest BCUT2D eigenvalue weighted by atomic mass is 79.9. The minimum absolute atomic E-state index is 0.288. The SMILES string of the molecule is O=C(Nc1ccc(F)cc1Br)C1CNc2ccccc2O1. The molecular weight excluding hydrogens is 339 g/mol. The van der Waals surface area contributed by atoms with Crippen LogP contribution < -0.4 is 15.4 Å². The first kappa shape index (κ1) is 13.9. The number of para-hydroxylation sites is 2. The summed E-state index contributed by atoms with van der Waals surface area (Å²) in [6.45, 7) is 0.377. The number of nitrogens with one attached hydrogen (secondary N) is 2. The van der Waals surface area contributed by atoms with Crippen molar-refractivity contribution in [2.24, 2.45) is 0 Å². The molecular formula is C15H12BrFN2O2. The second-order valence-corrected chi connectivity index (χ2v) is 5.45. The van der Waals surface area contributed by atoms with E-state index in [1.54, 1.807) is 6.07 Å². The van der Waals surface area contributed by atoms with Gasteiger partial charge in [-0.15, -0.1) is 0 Å². The Bertz CT molecular complexity index is 693. The average Bonchev–Trinajstić information content (AvgIpc) is 2.49. The number of carbonyl (C=O) groups excluding carboxylic acids is 1. The Morgan fingerprint density at radius 3 is 2.95 bits per heavy atom. The van der Waals surface area contributed by atoms with Gasteiger partial charge in [0.1, 0.15) is 11.6 Å². The summed E-state index contributed by atoms with van der Waals surface area (Å²) in [7, 11) is 0. The molecule has 1 unspecified atom stereocenters. The van der Waals surface area contributed by atoms with Gasteiger partial charge in [0.2, 0.25) is 0 Å². The Morgan fingerprint density at radius 2 is 2.14 bits per heavy atom. The molecule has 1 aliphatic heterocycles. The molecule has 1 heterocycles. The third kappa shape index (κ3) is 3.00. The van der Waals surface area contributed by atoms with E-state index < -0.39 is 6.10 Å². The van der Waals surface area contributed by atoms with Crippen molar-refractivity contribution in [2.45, 2.75) is 6.10 Å². The Labute approximate surface area is 129 Å². The van der Waals surface area contributed by atoms with Gasteiger partial charge in [-0.2, -0.15) is 0 Å². The van der Waals surface area contributed by atoms with Crippen molar-refractivity contribution in [1.29, 1.82) is 0 Å². The Morgan fingerprint density at radius 1 is 1.33 bits per heavy atom. The van der Waals surface area contributed by atoms with Gasteiger partial charge >= 0.3 is 0 Å². The summed E-state index contributed by atoms with van der Waals surface area (Å²) in [4.78, 5) is 12.2. The first-order valence-corrected chi connectivity index (χ1v) is 7.18. The van der Waals surface area contributed by atoms with Crippen LogP contribution in [-0.4, -0.2) is 18.6 Å². The first-order valence-electron chi connectivity index (χ1n) is 6.39. The van der Waals surface area contributed by atoms with E-state index in [0.717, 1.165) is 5.69 Å². The zero-order valence-electron chi connectivity index (χ0n) is 10.9. The van der Waals surface area contributed by atoms with Crippen LogP contribution >= 0.6 is 15.9 Å². The van der Waals surface area contributed by atoms with E-state index in [-0.39, 0.29) is 11.7 Å². The van der Waals surface area contributed by atoms with Crippen molar-refractivity contribution in [2.75, 3.05) is 17.2 Å². The van der Waals surface area contributed by atoms with Crippen LogP contribution in [0.15, 0.2) is 46.9 Å². The molecule has 0 saturated heterocycles. The van der Waals surface area contributed by atoms with E-state index in [4.69, 9.17) is 4.74 Å². The van der Waals surface area contributed by atoms with Crippen LogP contribution in [0.1, 0.15) is 0 Å². The maximum absolute atomic E-state index is 13.0. The predicted octanol–water partition coefficient (Wildman–Crippen LogP) is 3.40. The van der Waals surface area contributed by atoms with Crippen LogP contribution in [0.3, 0.4) is 0 Å². The number of hydrogen-bond acceptors (Lipinski definition) is 3. The van der Waals surface area contributed by atoms with Gasteiger partial charge in [-0.1, -0.05) is 12.1 Å². The van der Waals surface area contributed by atoms with E-state index in [2.05, 4.69) is 26.6 Å². The van der Waals surface area contributed by atoms with E-state index in [0.29, 0.717) is 22.5 Å². The van der Waals surface area contributed by atoms with Crippen LogP contribution in [0.2, 0.25) is 0 Å². The molecule has 108 valence electrons. The number of hydrogen-bond donors (Lipinski definition) is 2. The molecule has 0 aliphatic carbocycles. The normalized spacial score (nSPS) is 16.4. The van der Waals surface area contributed by atoms with Crippen molar-refractivity contribution in [3.8, 4) is 5.75 Å². The summed E-state index contributed by atoms with van der Waals surface area (Å²) in [5, 5.41) is 5.87. The molecule has 1 aliphatic rings. The van der Waals surface area contributed by atoms with E-state index in [1.807, 2.05) is 18.2 Å². The van der Waals surface area contributed by atoms with E-state index >= 15 is 0 Å². The van der Waals surface area contributed by atoms with Gasteiger partial charge in [-0.25, -0.2) is 4.39 Å². The molecule has 1 atom stereocenters. The van der Waals surface area contributed by atoms with Crippen molar-refractivity contribution in [3.05, 3.63) is 52.8 Å². The molecule has 3 rings (SSSR count). The lowest BCUT2D eigenvalue weighted by atomic mass is 10.2. The zero-order chi connectivity index (χ0) is 14.8. The van der Waals surface area contributed by atoms with E-state index in [9.17, 15) is 9.18 Å². The molecule has 2 aromatic rings. The third-order valence-electron chi connectivity index (χ3n) is 3.12. The lowest BCUT2D eigenvalue weighted by molar-refractivity contribution is -0.122. The number of benzene rings is 2. The fourth-order valence-corrected chi connectivity index (χ4v) is 2.51. The topological polar surface area (TPSA) is 50.4 Å². The number of rotatable bonds is 2. The smallest absolute Gasteiger partial charge is 0.267 e. The minimum Gasteiger partial charge on any atom is -0.477 e. The average molecular weight is 351 g/mol.